The van der Waals surface area contributed by atoms with E-state index in [1.165, 1.54) is 97.2 Å². The molecule has 2 heterocycles. The van der Waals surface area contributed by atoms with Crippen LogP contribution in [0.5, 0.6) is 0 Å². The molecule has 7 nitrogen and oxygen atoms in total. The quantitative estimate of drug-likeness (QED) is 0.540. The first-order valence-corrected chi connectivity index (χ1v) is 12.1. The monoisotopic (exact) mass is 521 g/mol. The number of hydrogen-bond donors (Lipinski definition) is 2. The summed E-state index contributed by atoms with van der Waals surface area (Å²) in [4.78, 5) is 26.1. The van der Waals surface area contributed by atoms with Gasteiger partial charge in [-0.15, -0.1) is 0 Å². The first-order chi connectivity index (χ1) is 16.3. The molecule has 0 spiro atoms. The molecule has 0 amide bonds. The lowest BCUT2D eigenvalue weighted by Gasteiger charge is -2.38. The van der Waals surface area contributed by atoms with Gasteiger partial charge in [-0.3, -0.25) is 9.80 Å². The van der Waals surface area contributed by atoms with Gasteiger partial charge < -0.3 is 15.1 Å². The van der Waals surface area contributed by atoms with Gasteiger partial charge in [-0.05, 0) is 71.2 Å². The average molecular weight is 522 g/mol. The highest BCUT2D eigenvalue weighted by Gasteiger charge is 2.39. The van der Waals surface area contributed by atoms with Gasteiger partial charge in [-0.25, -0.2) is 9.59 Å². The van der Waals surface area contributed by atoms with E-state index in [1.807, 2.05) is 0 Å². The van der Waals surface area contributed by atoms with E-state index in [0.29, 0.717) is 0 Å². The molecule has 0 bridgehead atoms. The van der Waals surface area contributed by atoms with Crippen molar-refractivity contribution in [3.8, 4) is 0 Å². The molecule has 0 aromatic heterocycles. The number of hydrogen-bond acceptors (Lipinski definition) is 5. The molecule has 0 radical (unpaired) electrons. The predicted molar refractivity (Wildman–Crippen MR) is 117 cm³/mol. The molecular weight excluding hydrogens is 484 g/mol. The fourth-order valence-electron chi connectivity index (χ4n) is 4.78. The normalized spacial score (nSPS) is 21.9. The minimum atomic E-state index is -5.08. The zero-order chi connectivity index (χ0) is 26.6. The van der Waals surface area contributed by atoms with Crippen LogP contribution in [0.15, 0.2) is 0 Å². The molecule has 2 aliphatic heterocycles. The Morgan fingerprint density at radius 1 is 0.686 bits per heavy atom. The fraction of sp³-hybridized carbons (Fsp3) is 0.909. The highest BCUT2D eigenvalue weighted by Crippen LogP contribution is 2.25. The van der Waals surface area contributed by atoms with Crippen molar-refractivity contribution < 1.29 is 46.1 Å². The van der Waals surface area contributed by atoms with Gasteiger partial charge in [0, 0.05) is 25.2 Å². The smallest absolute Gasteiger partial charge is 0.475 e. The molecule has 0 atom stereocenters. The van der Waals surface area contributed by atoms with Gasteiger partial charge in [-0.1, -0.05) is 19.8 Å². The standard InChI is InChI=1S/C18H35N3.2C2HF3O2/c1-2-10-19-13-8-18(9-14-19)21-12-5-11-20(15-16-21)17-6-3-4-7-17;2*3-2(4,5)1(6)7/h17-18H,2-16H2,1H3;2*(H,6,7). The number of alkyl halides is 6. The summed E-state index contributed by atoms with van der Waals surface area (Å²) in [5.41, 5.74) is 0. The van der Waals surface area contributed by atoms with Crippen LogP contribution in [-0.4, -0.2) is 107 Å². The molecule has 35 heavy (non-hydrogen) atoms. The SMILES string of the molecule is CCCN1CCC(N2CCCN(C3CCCC3)CC2)CC1.O=C(O)C(F)(F)F.O=C(O)C(F)(F)F. The number of rotatable bonds is 4. The maximum atomic E-state index is 10.6. The molecule has 3 aliphatic rings. The molecule has 2 N–H and O–H groups in total. The number of likely N-dealkylation sites (tertiary alicyclic amines) is 1. The molecule has 1 aliphatic carbocycles. The van der Waals surface area contributed by atoms with E-state index in [0.717, 1.165) is 12.1 Å². The van der Waals surface area contributed by atoms with Crippen LogP contribution in [0.4, 0.5) is 26.3 Å². The molecule has 13 heteroatoms. The Bertz CT molecular complexity index is 610. The molecule has 2 saturated heterocycles. The van der Waals surface area contributed by atoms with Gasteiger partial charge >= 0.3 is 24.3 Å². The molecule has 206 valence electrons. The number of halogens is 6. The lowest BCUT2D eigenvalue weighted by atomic mass is 10.0. The predicted octanol–water partition coefficient (Wildman–Crippen LogP) is 4.08. The number of carbonyl (C=O) groups is 2. The molecule has 0 aromatic carbocycles. The van der Waals surface area contributed by atoms with E-state index < -0.39 is 24.3 Å². The molecule has 3 fully saturated rings. The van der Waals surface area contributed by atoms with Crippen LogP contribution in [-0.2, 0) is 9.59 Å². The second-order valence-corrected chi connectivity index (χ2v) is 9.04. The highest BCUT2D eigenvalue weighted by molar-refractivity contribution is 5.73. The minimum absolute atomic E-state index is 0.877. The van der Waals surface area contributed by atoms with E-state index >= 15 is 0 Å². The van der Waals surface area contributed by atoms with Gasteiger partial charge in [0.15, 0.2) is 0 Å². The largest absolute Gasteiger partial charge is 0.490 e. The van der Waals surface area contributed by atoms with E-state index in [4.69, 9.17) is 19.8 Å². The summed E-state index contributed by atoms with van der Waals surface area (Å²) in [5.74, 6) is -5.51. The minimum Gasteiger partial charge on any atom is -0.475 e. The third-order valence-electron chi connectivity index (χ3n) is 6.50. The third-order valence-corrected chi connectivity index (χ3v) is 6.50. The van der Waals surface area contributed by atoms with Crippen molar-refractivity contribution in [1.29, 1.82) is 0 Å². The van der Waals surface area contributed by atoms with Crippen molar-refractivity contribution in [3.63, 3.8) is 0 Å². The van der Waals surface area contributed by atoms with E-state index in [-0.39, 0.29) is 0 Å². The number of nitrogens with zero attached hydrogens (tertiary/aromatic N) is 3. The van der Waals surface area contributed by atoms with Crippen LogP contribution >= 0.6 is 0 Å². The Hall–Kier alpha value is -1.60. The molecule has 1 saturated carbocycles. The van der Waals surface area contributed by atoms with Gasteiger partial charge in [-0.2, -0.15) is 26.3 Å². The Balaban J connectivity index is 0.000000362. The lowest BCUT2D eigenvalue weighted by molar-refractivity contribution is -0.193. The van der Waals surface area contributed by atoms with Crippen LogP contribution in [0.3, 0.4) is 0 Å². The van der Waals surface area contributed by atoms with E-state index in [9.17, 15) is 26.3 Å². The van der Waals surface area contributed by atoms with Crippen molar-refractivity contribution in [2.45, 2.75) is 82.7 Å². The average Bonchev–Trinajstić information content (AvgIpc) is 3.19. The third kappa shape index (κ3) is 12.3. The van der Waals surface area contributed by atoms with Gasteiger partial charge in [0.2, 0.25) is 0 Å². The van der Waals surface area contributed by atoms with Crippen LogP contribution in [0.1, 0.15) is 58.3 Å². The summed E-state index contributed by atoms with van der Waals surface area (Å²) in [5, 5.41) is 14.2. The van der Waals surface area contributed by atoms with Gasteiger partial charge in [0.05, 0.1) is 0 Å². The van der Waals surface area contributed by atoms with Crippen molar-refractivity contribution in [3.05, 3.63) is 0 Å². The fourth-order valence-corrected chi connectivity index (χ4v) is 4.78. The van der Waals surface area contributed by atoms with Gasteiger partial charge in [0.1, 0.15) is 0 Å². The van der Waals surface area contributed by atoms with E-state index in [2.05, 4.69) is 21.6 Å². The number of aliphatic carboxylic acids is 2. The van der Waals surface area contributed by atoms with Gasteiger partial charge in [0.25, 0.3) is 0 Å². The van der Waals surface area contributed by atoms with E-state index in [1.54, 1.807) is 0 Å². The van der Waals surface area contributed by atoms with Crippen LogP contribution in [0.25, 0.3) is 0 Å². The van der Waals surface area contributed by atoms with Crippen LogP contribution in [0, 0.1) is 0 Å². The van der Waals surface area contributed by atoms with Crippen molar-refractivity contribution in [2.75, 3.05) is 45.8 Å². The molecule has 0 aromatic rings. The molecular formula is C22H37F6N3O4. The Morgan fingerprint density at radius 3 is 1.40 bits per heavy atom. The zero-order valence-electron chi connectivity index (χ0n) is 20.1. The Labute approximate surface area is 202 Å². The summed E-state index contributed by atoms with van der Waals surface area (Å²) in [6.07, 6.45) is 1.23. The van der Waals surface area contributed by atoms with Crippen molar-refractivity contribution in [2.24, 2.45) is 0 Å². The van der Waals surface area contributed by atoms with Crippen LogP contribution in [0.2, 0.25) is 0 Å². The first-order valence-electron chi connectivity index (χ1n) is 12.1. The first kappa shape index (κ1) is 31.4. The number of piperidine rings is 1. The Kier molecular flexibility index (Phi) is 13.3. The molecule has 3 rings (SSSR count). The summed E-state index contributed by atoms with van der Waals surface area (Å²) in [7, 11) is 0. The van der Waals surface area contributed by atoms with Crippen LogP contribution < -0.4 is 0 Å². The summed E-state index contributed by atoms with van der Waals surface area (Å²) >= 11 is 0. The maximum absolute atomic E-state index is 10.6. The van der Waals surface area contributed by atoms with Crippen molar-refractivity contribution >= 4 is 11.9 Å². The lowest BCUT2D eigenvalue weighted by Crippen LogP contribution is -2.46. The summed E-state index contributed by atoms with van der Waals surface area (Å²) in [6, 6.07) is 1.80. The highest BCUT2D eigenvalue weighted by atomic mass is 19.4. The summed E-state index contributed by atoms with van der Waals surface area (Å²) < 4.78 is 63.5. The van der Waals surface area contributed by atoms with Crippen molar-refractivity contribution in [1.82, 2.24) is 14.7 Å². The second kappa shape index (κ2) is 14.8. The maximum Gasteiger partial charge on any atom is 0.490 e. The number of carboxylic acid groups (broad SMARTS) is 2. The Morgan fingerprint density at radius 2 is 1.06 bits per heavy atom. The topological polar surface area (TPSA) is 84.3 Å². The zero-order valence-corrected chi connectivity index (χ0v) is 20.1. The second-order valence-electron chi connectivity index (χ2n) is 9.04. The number of carboxylic acids is 2. The molecule has 0 unspecified atom stereocenters. The summed E-state index contributed by atoms with van der Waals surface area (Å²) in [6.45, 7) is 11.6.